The van der Waals surface area contributed by atoms with E-state index in [1.165, 1.54) is 5.56 Å². The van der Waals surface area contributed by atoms with E-state index in [0.29, 0.717) is 5.92 Å². The summed E-state index contributed by atoms with van der Waals surface area (Å²) in [5, 5.41) is 6.69. The number of nitrogens with one attached hydrogen (secondary N) is 2. The fraction of sp³-hybridized carbons (Fsp3) is 0.667. The first kappa shape index (κ1) is 21.5. The number of benzene rings is 1. The minimum atomic E-state index is 0.577. The molecular formula is C21H35N3O3. The molecule has 0 spiro atoms. The molecule has 1 unspecified atom stereocenters. The normalized spacial score (nSPS) is 17.1. The molecule has 6 heteroatoms. The van der Waals surface area contributed by atoms with Gasteiger partial charge in [-0.15, -0.1) is 0 Å². The molecule has 2 rings (SSSR count). The summed E-state index contributed by atoms with van der Waals surface area (Å²) in [6, 6.07) is 6.36. The van der Waals surface area contributed by atoms with Crippen molar-refractivity contribution in [1.82, 2.24) is 10.6 Å². The zero-order valence-corrected chi connectivity index (χ0v) is 17.1. The summed E-state index contributed by atoms with van der Waals surface area (Å²) >= 11 is 0. The second kappa shape index (κ2) is 12.6. The van der Waals surface area contributed by atoms with Crippen LogP contribution in [0.4, 0.5) is 0 Å². The van der Waals surface area contributed by atoms with Gasteiger partial charge in [0.2, 0.25) is 0 Å². The largest absolute Gasteiger partial charge is 0.496 e. The Bertz CT molecular complexity index is 572. The third-order valence-electron chi connectivity index (χ3n) is 4.62. The maximum atomic E-state index is 5.73. The van der Waals surface area contributed by atoms with Crippen LogP contribution < -0.4 is 15.4 Å². The first-order chi connectivity index (χ1) is 13.2. The maximum Gasteiger partial charge on any atom is 0.191 e. The number of rotatable bonds is 11. The van der Waals surface area contributed by atoms with Gasteiger partial charge in [0.25, 0.3) is 0 Å². The van der Waals surface area contributed by atoms with Crippen LogP contribution in [-0.2, 0) is 15.9 Å². The predicted octanol–water partition coefficient (Wildman–Crippen LogP) is 2.54. The molecule has 0 aromatic heterocycles. The van der Waals surface area contributed by atoms with Gasteiger partial charge < -0.3 is 24.8 Å². The molecule has 2 N–H and O–H groups in total. The van der Waals surface area contributed by atoms with Gasteiger partial charge in [-0.3, -0.25) is 4.99 Å². The quantitative estimate of drug-likeness (QED) is 0.352. The monoisotopic (exact) mass is 377 g/mol. The van der Waals surface area contributed by atoms with E-state index < -0.39 is 0 Å². The van der Waals surface area contributed by atoms with Crippen LogP contribution in [0.15, 0.2) is 23.2 Å². The van der Waals surface area contributed by atoms with E-state index in [0.717, 1.165) is 82.6 Å². The van der Waals surface area contributed by atoms with Crippen LogP contribution in [0.2, 0.25) is 0 Å². The first-order valence-electron chi connectivity index (χ1n) is 10.0. The van der Waals surface area contributed by atoms with Gasteiger partial charge in [0.15, 0.2) is 5.96 Å². The maximum absolute atomic E-state index is 5.73. The topological polar surface area (TPSA) is 64.1 Å². The number of nitrogens with zero attached hydrogens (tertiary/aromatic N) is 1. The average Bonchev–Trinajstić information content (AvgIpc) is 3.19. The van der Waals surface area contributed by atoms with E-state index in [-0.39, 0.29) is 0 Å². The zero-order valence-electron chi connectivity index (χ0n) is 17.1. The van der Waals surface area contributed by atoms with E-state index >= 15 is 0 Å². The lowest BCUT2D eigenvalue weighted by atomic mass is 10.1. The highest BCUT2D eigenvalue weighted by molar-refractivity contribution is 5.79. The highest BCUT2D eigenvalue weighted by Gasteiger charge is 2.15. The molecule has 1 heterocycles. The highest BCUT2D eigenvalue weighted by atomic mass is 16.5. The van der Waals surface area contributed by atoms with Gasteiger partial charge in [-0.2, -0.15) is 0 Å². The van der Waals surface area contributed by atoms with Crippen LogP contribution in [0, 0.1) is 12.8 Å². The third kappa shape index (κ3) is 8.18. The molecule has 152 valence electrons. The molecule has 1 aliphatic heterocycles. The molecular weight excluding hydrogens is 342 g/mol. The second-order valence-electron chi connectivity index (χ2n) is 6.90. The van der Waals surface area contributed by atoms with Crippen molar-refractivity contribution in [2.24, 2.45) is 10.9 Å². The smallest absolute Gasteiger partial charge is 0.191 e. The lowest BCUT2D eigenvalue weighted by molar-refractivity contribution is 0.0893. The molecule has 1 aromatic carbocycles. The molecule has 1 atom stereocenters. The summed E-state index contributed by atoms with van der Waals surface area (Å²) in [6.45, 7) is 9.86. The van der Waals surface area contributed by atoms with Crippen LogP contribution in [0.3, 0.4) is 0 Å². The van der Waals surface area contributed by atoms with Crippen molar-refractivity contribution >= 4 is 5.96 Å². The van der Waals surface area contributed by atoms with Crippen molar-refractivity contribution in [1.29, 1.82) is 0 Å². The summed E-state index contributed by atoms with van der Waals surface area (Å²) in [5.74, 6) is 2.38. The van der Waals surface area contributed by atoms with Crippen LogP contribution in [0.25, 0.3) is 0 Å². The number of aliphatic imine (C=N–C) groups is 1. The summed E-state index contributed by atoms with van der Waals surface area (Å²) in [7, 11) is 1.71. The number of hydrogen-bond donors (Lipinski definition) is 2. The van der Waals surface area contributed by atoms with Crippen molar-refractivity contribution in [2.75, 3.05) is 53.2 Å². The van der Waals surface area contributed by atoms with Crippen molar-refractivity contribution in [3.05, 3.63) is 29.3 Å². The molecule has 1 aliphatic rings. The van der Waals surface area contributed by atoms with E-state index in [4.69, 9.17) is 14.2 Å². The SMILES string of the molecule is CCNC(=NCCCOCC1CCOC1)NCCc1ccc(C)c(OC)c1. The molecule has 1 aromatic rings. The Balaban J connectivity index is 1.65. The highest BCUT2D eigenvalue weighted by Crippen LogP contribution is 2.19. The van der Waals surface area contributed by atoms with Gasteiger partial charge >= 0.3 is 0 Å². The van der Waals surface area contributed by atoms with Gasteiger partial charge in [-0.25, -0.2) is 0 Å². The fourth-order valence-electron chi connectivity index (χ4n) is 3.01. The number of ether oxygens (including phenoxy) is 3. The molecule has 0 amide bonds. The Hall–Kier alpha value is -1.79. The minimum Gasteiger partial charge on any atom is -0.496 e. The van der Waals surface area contributed by atoms with Gasteiger partial charge in [0, 0.05) is 38.8 Å². The van der Waals surface area contributed by atoms with E-state index in [1.807, 2.05) is 0 Å². The molecule has 0 aliphatic carbocycles. The van der Waals surface area contributed by atoms with Crippen LogP contribution in [0.1, 0.15) is 30.9 Å². The van der Waals surface area contributed by atoms with E-state index in [2.05, 4.69) is 47.7 Å². The molecule has 0 radical (unpaired) electrons. The Labute approximate surface area is 163 Å². The Morgan fingerprint density at radius 2 is 2.22 bits per heavy atom. The molecule has 1 saturated heterocycles. The van der Waals surface area contributed by atoms with E-state index in [9.17, 15) is 0 Å². The lowest BCUT2D eigenvalue weighted by Crippen LogP contribution is -2.38. The van der Waals surface area contributed by atoms with Crippen molar-refractivity contribution in [2.45, 2.75) is 33.1 Å². The third-order valence-corrected chi connectivity index (χ3v) is 4.62. The van der Waals surface area contributed by atoms with Crippen LogP contribution >= 0.6 is 0 Å². The number of methoxy groups -OCH3 is 1. The van der Waals surface area contributed by atoms with Crippen molar-refractivity contribution in [3.8, 4) is 5.75 Å². The second-order valence-corrected chi connectivity index (χ2v) is 6.90. The molecule has 27 heavy (non-hydrogen) atoms. The Kier molecular flexibility index (Phi) is 10.0. The van der Waals surface area contributed by atoms with E-state index in [1.54, 1.807) is 7.11 Å². The minimum absolute atomic E-state index is 0.577. The molecule has 6 nitrogen and oxygen atoms in total. The van der Waals surface area contributed by atoms with Gasteiger partial charge in [0.05, 0.1) is 20.3 Å². The van der Waals surface area contributed by atoms with Crippen molar-refractivity contribution in [3.63, 3.8) is 0 Å². The fourth-order valence-corrected chi connectivity index (χ4v) is 3.01. The van der Waals surface area contributed by atoms with Gasteiger partial charge in [0.1, 0.15) is 5.75 Å². The molecule has 1 fully saturated rings. The van der Waals surface area contributed by atoms with Crippen LogP contribution in [0.5, 0.6) is 5.75 Å². The zero-order chi connectivity index (χ0) is 19.3. The summed E-state index contributed by atoms with van der Waals surface area (Å²) in [6.07, 6.45) is 2.98. The van der Waals surface area contributed by atoms with Gasteiger partial charge in [-0.1, -0.05) is 12.1 Å². The number of aryl methyl sites for hydroxylation is 1. The first-order valence-corrected chi connectivity index (χ1v) is 10.0. The Morgan fingerprint density at radius 3 is 2.96 bits per heavy atom. The standard InChI is InChI=1S/C21H35N3O3/c1-4-22-21(23-10-5-12-26-15-19-9-13-27-16-19)24-11-8-18-7-6-17(2)20(14-18)25-3/h6-7,14,19H,4-5,8-13,15-16H2,1-3H3,(H2,22,23,24). The van der Waals surface area contributed by atoms with Crippen molar-refractivity contribution < 1.29 is 14.2 Å². The van der Waals surface area contributed by atoms with Crippen LogP contribution in [-0.4, -0.2) is 59.1 Å². The molecule has 0 saturated carbocycles. The average molecular weight is 378 g/mol. The summed E-state index contributed by atoms with van der Waals surface area (Å²) in [5.41, 5.74) is 2.41. The lowest BCUT2D eigenvalue weighted by Gasteiger charge is -2.12. The number of guanidine groups is 1. The summed E-state index contributed by atoms with van der Waals surface area (Å²) < 4.78 is 16.5. The predicted molar refractivity (Wildman–Crippen MR) is 110 cm³/mol. The number of hydrogen-bond acceptors (Lipinski definition) is 4. The molecule has 0 bridgehead atoms. The van der Waals surface area contributed by atoms with Gasteiger partial charge in [-0.05, 0) is 50.3 Å². The Morgan fingerprint density at radius 1 is 1.33 bits per heavy atom. The summed E-state index contributed by atoms with van der Waals surface area (Å²) in [4.78, 5) is 4.63.